The van der Waals surface area contributed by atoms with E-state index in [0.29, 0.717) is 17.1 Å². The minimum Gasteiger partial charge on any atom is -0.455 e. The smallest absolute Gasteiger partial charge is 0.407 e. The predicted octanol–water partition coefficient (Wildman–Crippen LogP) is 3.89. The van der Waals surface area contributed by atoms with Crippen molar-refractivity contribution in [2.75, 3.05) is 6.61 Å². The molecule has 1 heterocycles. The van der Waals surface area contributed by atoms with Crippen LogP contribution in [0.25, 0.3) is 11.3 Å². The van der Waals surface area contributed by atoms with Crippen LogP contribution in [-0.4, -0.2) is 30.9 Å². The molecule has 0 unspecified atom stereocenters. The van der Waals surface area contributed by atoms with Gasteiger partial charge in [-0.05, 0) is 48.9 Å². The van der Waals surface area contributed by atoms with E-state index in [2.05, 4.69) is 15.8 Å². The molecule has 0 saturated carbocycles. The van der Waals surface area contributed by atoms with Gasteiger partial charge >= 0.3 is 6.09 Å². The minimum atomic E-state index is -0.870. The third-order valence-corrected chi connectivity index (χ3v) is 4.29. The Bertz CT molecular complexity index is 1030. The first-order chi connectivity index (χ1) is 15.0. The molecule has 0 saturated heterocycles. The van der Waals surface area contributed by atoms with E-state index in [4.69, 9.17) is 9.15 Å². The fourth-order valence-electron chi connectivity index (χ4n) is 2.80. The highest BCUT2D eigenvalue weighted by atomic mass is 19.1. The Kier molecular flexibility index (Phi) is 7.53. The summed E-state index contributed by atoms with van der Waals surface area (Å²) < 4.78 is 23.6. The summed E-state index contributed by atoms with van der Waals surface area (Å²) >= 11 is 0. The number of carbonyl (C=O) groups is 2. The molecule has 0 radical (unpaired) electrons. The van der Waals surface area contributed by atoms with E-state index in [1.165, 1.54) is 18.3 Å². The van der Waals surface area contributed by atoms with Crippen molar-refractivity contribution in [3.8, 4) is 11.3 Å². The van der Waals surface area contributed by atoms with Crippen LogP contribution in [0.3, 0.4) is 0 Å². The van der Waals surface area contributed by atoms with Crippen LogP contribution in [0.15, 0.2) is 76.2 Å². The molecular weight excluding hydrogens is 401 g/mol. The second-order valence-electron chi connectivity index (χ2n) is 6.55. The topological polar surface area (TPSA) is 92.9 Å². The summed E-state index contributed by atoms with van der Waals surface area (Å²) in [6, 6.07) is 17.7. The molecule has 0 bridgehead atoms. The monoisotopic (exact) mass is 423 g/mol. The number of nitrogens with one attached hydrogen (secondary N) is 2. The maximum atomic E-state index is 13.0. The zero-order chi connectivity index (χ0) is 22.1. The second-order valence-corrected chi connectivity index (χ2v) is 6.55. The molecule has 0 spiro atoms. The summed E-state index contributed by atoms with van der Waals surface area (Å²) in [5, 5.41) is 6.45. The average molecular weight is 423 g/mol. The van der Waals surface area contributed by atoms with Crippen LogP contribution < -0.4 is 10.7 Å². The van der Waals surface area contributed by atoms with Crippen molar-refractivity contribution in [3.05, 3.63) is 83.9 Å². The average Bonchev–Trinajstić information content (AvgIpc) is 3.23. The minimum absolute atomic E-state index is 0.193. The number of nitrogens with zero attached hydrogens (tertiary/aromatic N) is 1. The number of hydrogen-bond donors (Lipinski definition) is 2. The molecular formula is C23H22FN3O4. The predicted molar refractivity (Wildman–Crippen MR) is 114 cm³/mol. The molecule has 0 aliphatic rings. The van der Waals surface area contributed by atoms with Crippen LogP contribution in [0.2, 0.25) is 0 Å². The lowest BCUT2D eigenvalue weighted by atomic mass is 10.1. The van der Waals surface area contributed by atoms with Gasteiger partial charge in [0.1, 0.15) is 23.4 Å². The molecule has 0 aliphatic heterocycles. The van der Waals surface area contributed by atoms with Gasteiger partial charge in [-0.1, -0.05) is 30.3 Å². The molecule has 160 valence electrons. The van der Waals surface area contributed by atoms with Crippen LogP contribution in [0, 0.1) is 5.82 Å². The first kappa shape index (κ1) is 21.8. The SMILES string of the molecule is CCOC(=O)N[C@H](Cc1ccccc1)C(=O)N/N=C\c1ccc(-c2ccc(F)cc2)o1. The summed E-state index contributed by atoms with van der Waals surface area (Å²) in [4.78, 5) is 24.4. The lowest BCUT2D eigenvalue weighted by Gasteiger charge is -2.16. The fraction of sp³-hybridized carbons (Fsp3) is 0.174. The Morgan fingerprint density at radius 2 is 1.84 bits per heavy atom. The lowest BCUT2D eigenvalue weighted by Crippen LogP contribution is -2.47. The van der Waals surface area contributed by atoms with Gasteiger partial charge in [-0.25, -0.2) is 14.6 Å². The van der Waals surface area contributed by atoms with E-state index in [9.17, 15) is 14.0 Å². The van der Waals surface area contributed by atoms with Gasteiger partial charge in [0, 0.05) is 12.0 Å². The molecule has 2 aromatic carbocycles. The number of furan rings is 1. The lowest BCUT2D eigenvalue weighted by molar-refractivity contribution is -0.123. The first-order valence-electron chi connectivity index (χ1n) is 9.71. The highest BCUT2D eigenvalue weighted by Gasteiger charge is 2.21. The largest absolute Gasteiger partial charge is 0.455 e. The third-order valence-electron chi connectivity index (χ3n) is 4.29. The summed E-state index contributed by atoms with van der Waals surface area (Å²) in [5.74, 6) is 0.107. The van der Waals surface area contributed by atoms with Crippen LogP contribution in [0.1, 0.15) is 18.2 Å². The maximum Gasteiger partial charge on any atom is 0.407 e. The quantitative estimate of drug-likeness (QED) is 0.425. The van der Waals surface area contributed by atoms with Crippen LogP contribution in [0.5, 0.6) is 0 Å². The molecule has 1 aromatic heterocycles. The summed E-state index contributed by atoms with van der Waals surface area (Å²) in [7, 11) is 0. The third kappa shape index (κ3) is 6.53. The number of alkyl carbamates (subject to hydrolysis) is 1. The van der Waals surface area contributed by atoms with E-state index in [-0.39, 0.29) is 18.8 Å². The molecule has 1 atom stereocenters. The summed E-state index contributed by atoms with van der Waals surface area (Å²) in [6.45, 7) is 1.87. The zero-order valence-electron chi connectivity index (χ0n) is 16.9. The molecule has 2 N–H and O–H groups in total. The van der Waals surface area contributed by atoms with Crippen molar-refractivity contribution < 1.29 is 23.1 Å². The van der Waals surface area contributed by atoms with Crippen molar-refractivity contribution in [1.29, 1.82) is 0 Å². The Hall–Kier alpha value is -3.94. The molecule has 0 aliphatic carbocycles. The van der Waals surface area contributed by atoms with Gasteiger partial charge in [0.25, 0.3) is 5.91 Å². The highest BCUT2D eigenvalue weighted by molar-refractivity contribution is 5.87. The van der Waals surface area contributed by atoms with Crippen molar-refractivity contribution in [2.45, 2.75) is 19.4 Å². The Morgan fingerprint density at radius 1 is 1.10 bits per heavy atom. The number of hydrogen-bond acceptors (Lipinski definition) is 5. The normalized spacial score (nSPS) is 11.8. The Morgan fingerprint density at radius 3 is 2.55 bits per heavy atom. The molecule has 0 fully saturated rings. The standard InChI is InChI=1S/C23H22FN3O4/c1-2-30-23(29)26-20(14-16-6-4-3-5-7-16)22(28)27-25-15-19-12-13-21(31-19)17-8-10-18(24)11-9-17/h3-13,15,20H,2,14H2,1H3,(H,26,29)(H,27,28)/b25-15-/t20-/m1/s1. The maximum absolute atomic E-state index is 13.0. The Balaban J connectivity index is 1.63. The van der Waals surface area contributed by atoms with Gasteiger partial charge in [0.2, 0.25) is 0 Å². The van der Waals surface area contributed by atoms with E-state index in [1.54, 1.807) is 31.2 Å². The number of hydrazone groups is 1. The highest BCUT2D eigenvalue weighted by Crippen LogP contribution is 2.21. The van der Waals surface area contributed by atoms with E-state index in [0.717, 1.165) is 5.56 Å². The van der Waals surface area contributed by atoms with Crippen molar-refractivity contribution in [1.82, 2.24) is 10.7 Å². The van der Waals surface area contributed by atoms with Gasteiger partial charge in [-0.2, -0.15) is 5.10 Å². The van der Waals surface area contributed by atoms with Crippen LogP contribution in [0.4, 0.5) is 9.18 Å². The number of halogens is 1. The van der Waals surface area contributed by atoms with Crippen LogP contribution in [-0.2, 0) is 16.0 Å². The van der Waals surface area contributed by atoms with E-state index >= 15 is 0 Å². The molecule has 31 heavy (non-hydrogen) atoms. The molecule has 3 rings (SSSR count). The Labute approximate surface area is 178 Å². The fourth-order valence-corrected chi connectivity index (χ4v) is 2.80. The van der Waals surface area contributed by atoms with Gasteiger partial charge in [-0.15, -0.1) is 0 Å². The van der Waals surface area contributed by atoms with Crippen LogP contribution >= 0.6 is 0 Å². The molecule has 3 aromatic rings. The summed E-state index contributed by atoms with van der Waals surface area (Å²) in [6.07, 6.45) is 0.934. The number of carbonyl (C=O) groups excluding carboxylic acids is 2. The van der Waals surface area contributed by atoms with Gasteiger partial charge in [0.15, 0.2) is 0 Å². The number of amides is 2. The first-order valence-corrected chi connectivity index (χ1v) is 9.71. The summed E-state index contributed by atoms with van der Waals surface area (Å²) in [5.41, 5.74) is 3.99. The van der Waals surface area contributed by atoms with Gasteiger partial charge < -0.3 is 14.5 Å². The van der Waals surface area contributed by atoms with Crippen molar-refractivity contribution in [3.63, 3.8) is 0 Å². The molecule has 2 amide bonds. The van der Waals surface area contributed by atoms with E-state index in [1.807, 2.05) is 30.3 Å². The van der Waals surface area contributed by atoms with E-state index < -0.39 is 18.0 Å². The van der Waals surface area contributed by atoms with Crippen molar-refractivity contribution in [2.24, 2.45) is 5.10 Å². The number of rotatable bonds is 8. The van der Waals surface area contributed by atoms with Gasteiger partial charge in [-0.3, -0.25) is 4.79 Å². The second kappa shape index (κ2) is 10.7. The van der Waals surface area contributed by atoms with Gasteiger partial charge in [0.05, 0.1) is 12.8 Å². The zero-order valence-corrected chi connectivity index (χ0v) is 16.9. The molecule has 8 heteroatoms. The molecule has 7 nitrogen and oxygen atoms in total. The number of ether oxygens (including phenoxy) is 1. The number of benzene rings is 2. The van der Waals surface area contributed by atoms with Crippen molar-refractivity contribution >= 4 is 18.2 Å².